The van der Waals surface area contributed by atoms with E-state index in [-0.39, 0.29) is 18.4 Å². The van der Waals surface area contributed by atoms with Crippen molar-refractivity contribution in [2.24, 2.45) is 11.1 Å². The molecular formula is C29H34F3N2O2. The van der Waals surface area contributed by atoms with E-state index in [4.69, 9.17) is 4.84 Å². The Morgan fingerprint density at radius 1 is 1.08 bits per heavy atom. The normalized spacial score (nSPS) is 18.2. The monoisotopic (exact) mass is 499 g/mol. The average Bonchev–Trinajstić information content (AvgIpc) is 2.85. The van der Waals surface area contributed by atoms with Crippen molar-refractivity contribution in [2.75, 3.05) is 13.1 Å². The number of alkyl halides is 3. The van der Waals surface area contributed by atoms with Gasteiger partial charge in [0.05, 0.1) is 17.2 Å². The summed E-state index contributed by atoms with van der Waals surface area (Å²) in [6.45, 7) is 6.21. The van der Waals surface area contributed by atoms with Crippen molar-refractivity contribution in [1.29, 1.82) is 0 Å². The van der Waals surface area contributed by atoms with E-state index in [1.54, 1.807) is 12.1 Å². The van der Waals surface area contributed by atoms with Gasteiger partial charge in [-0.15, -0.1) is 0 Å². The summed E-state index contributed by atoms with van der Waals surface area (Å²) in [5, 5.41) is 4.19. The van der Waals surface area contributed by atoms with E-state index >= 15 is 0 Å². The molecule has 4 nitrogen and oxygen atoms in total. The molecule has 1 radical (unpaired) electrons. The number of nitrogens with zero attached hydrogens (tertiary/aromatic N) is 2. The molecule has 193 valence electrons. The molecule has 1 aliphatic carbocycles. The molecule has 2 fully saturated rings. The van der Waals surface area contributed by atoms with Gasteiger partial charge in [0.2, 0.25) is 6.29 Å². The topological polar surface area (TPSA) is 41.9 Å². The van der Waals surface area contributed by atoms with Gasteiger partial charge in [-0.05, 0) is 72.1 Å². The number of hydrogen-bond donors (Lipinski definition) is 0. The molecule has 1 heterocycles. The number of aryl methyl sites for hydroxylation is 1. The SMILES string of the molecule is CCc1cc(/C(C)=N/OCc2ccc(C3CCCCC3)c(C(F)(F)F)c2)ccc1CN1CC([C]=O)C1. The summed E-state index contributed by atoms with van der Waals surface area (Å²) in [5.74, 6) is 0.00349. The van der Waals surface area contributed by atoms with Gasteiger partial charge < -0.3 is 4.84 Å². The second-order valence-electron chi connectivity index (χ2n) is 10.1. The third kappa shape index (κ3) is 6.36. The Labute approximate surface area is 211 Å². The van der Waals surface area contributed by atoms with Crippen LogP contribution in [0.2, 0.25) is 0 Å². The minimum atomic E-state index is -4.39. The standard InChI is InChI=1S/C29H34F3N2O2/c1-3-23-14-25(10-11-26(23)17-34-15-22(16-34)18-35)20(2)33-36-19-21-9-12-27(24-7-5-4-6-8-24)28(13-21)29(30,31)32/h9-14,22,24H,3-8,15-17,19H2,1-2H3/b33-20+. The van der Waals surface area contributed by atoms with Crippen molar-refractivity contribution in [1.82, 2.24) is 4.90 Å². The number of benzene rings is 2. The predicted octanol–water partition coefficient (Wildman–Crippen LogP) is 6.80. The van der Waals surface area contributed by atoms with Crippen LogP contribution in [0.4, 0.5) is 13.2 Å². The van der Waals surface area contributed by atoms with E-state index < -0.39 is 11.7 Å². The second kappa shape index (κ2) is 11.6. The molecule has 1 aliphatic heterocycles. The Kier molecular flexibility index (Phi) is 8.50. The van der Waals surface area contributed by atoms with Crippen LogP contribution in [0.5, 0.6) is 0 Å². The Morgan fingerprint density at radius 3 is 2.50 bits per heavy atom. The van der Waals surface area contributed by atoms with Crippen LogP contribution in [-0.4, -0.2) is 30.0 Å². The van der Waals surface area contributed by atoms with Crippen LogP contribution in [0, 0.1) is 5.92 Å². The lowest BCUT2D eigenvalue weighted by atomic mass is 9.81. The number of halogens is 3. The summed E-state index contributed by atoms with van der Waals surface area (Å²) >= 11 is 0. The van der Waals surface area contributed by atoms with Crippen LogP contribution in [0.3, 0.4) is 0 Å². The lowest BCUT2D eigenvalue weighted by Gasteiger charge is -2.36. The zero-order valence-corrected chi connectivity index (χ0v) is 21.0. The maximum Gasteiger partial charge on any atom is 0.416 e. The van der Waals surface area contributed by atoms with Gasteiger partial charge in [0, 0.05) is 19.6 Å². The first-order chi connectivity index (χ1) is 17.3. The fraction of sp³-hybridized carbons (Fsp3) is 0.517. The molecule has 4 rings (SSSR count). The largest absolute Gasteiger partial charge is 0.416 e. The molecule has 2 aliphatic rings. The molecule has 1 saturated carbocycles. The molecule has 0 unspecified atom stereocenters. The van der Waals surface area contributed by atoms with E-state index in [2.05, 4.69) is 35.4 Å². The van der Waals surface area contributed by atoms with E-state index in [1.807, 2.05) is 13.0 Å². The number of carbonyl (C=O) groups excluding carboxylic acids is 1. The Balaban J connectivity index is 1.41. The van der Waals surface area contributed by atoms with Gasteiger partial charge in [0.25, 0.3) is 0 Å². The first-order valence-electron chi connectivity index (χ1n) is 12.9. The highest BCUT2D eigenvalue weighted by Crippen LogP contribution is 2.41. The molecule has 2 aromatic rings. The van der Waals surface area contributed by atoms with Gasteiger partial charge in [0.15, 0.2) is 0 Å². The molecule has 1 saturated heterocycles. The highest BCUT2D eigenvalue weighted by Gasteiger charge is 2.35. The Morgan fingerprint density at radius 2 is 1.83 bits per heavy atom. The lowest BCUT2D eigenvalue weighted by molar-refractivity contribution is -0.138. The second-order valence-corrected chi connectivity index (χ2v) is 10.1. The fourth-order valence-corrected chi connectivity index (χ4v) is 5.31. The molecule has 36 heavy (non-hydrogen) atoms. The number of likely N-dealkylation sites (tertiary alicyclic amines) is 1. The summed E-state index contributed by atoms with van der Waals surface area (Å²) in [6, 6.07) is 10.7. The summed E-state index contributed by atoms with van der Waals surface area (Å²) in [4.78, 5) is 18.4. The molecule has 0 aromatic heterocycles. The van der Waals surface area contributed by atoms with Crippen LogP contribution in [0.25, 0.3) is 0 Å². The number of oxime groups is 1. The van der Waals surface area contributed by atoms with Crippen LogP contribution < -0.4 is 0 Å². The molecule has 7 heteroatoms. The van der Waals surface area contributed by atoms with Crippen molar-refractivity contribution < 1.29 is 22.8 Å². The van der Waals surface area contributed by atoms with E-state index in [9.17, 15) is 18.0 Å². The highest BCUT2D eigenvalue weighted by atomic mass is 19.4. The maximum atomic E-state index is 13.8. The molecule has 0 bridgehead atoms. The summed E-state index contributed by atoms with van der Waals surface area (Å²) in [5.41, 5.74) is 4.34. The van der Waals surface area contributed by atoms with Crippen molar-refractivity contribution >= 4 is 12.0 Å². The average molecular weight is 500 g/mol. The van der Waals surface area contributed by atoms with E-state index in [0.717, 1.165) is 63.7 Å². The highest BCUT2D eigenvalue weighted by molar-refractivity contribution is 5.98. The van der Waals surface area contributed by atoms with Gasteiger partial charge in [-0.2, -0.15) is 13.2 Å². The Bertz CT molecular complexity index is 1080. The smallest absolute Gasteiger partial charge is 0.391 e. The molecule has 0 atom stereocenters. The fourth-order valence-electron chi connectivity index (χ4n) is 5.31. The molecular weight excluding hydrogens is 465 g/mol. The zero-order chi connectivity index (χ0) is 25.7. The number of rotatable bonds is 9. The van der Waals surface area contributed by atoms with Crippen molar-refractivity contribution in [2.45, 2.75) is 77.6 Å². The van der Waals surface area contributed by atoms with E-state index in [1.165, 1.54) is 17.2 Å². The van der Waals surface area contributed by atoms with Gasteiger partial charge in [0.1, 0.15) is 6.61 Å². The van der Waals surface area contributed by atoms with Crippen molar-refractivity contribution in [3.8, 4) is 0 Å². The number of hydrogen-bond acceptors (Lipinski definition) is 4. The zero-order valence-electron chi connectivity index (χ0n) is 21.0. The third-order valence-electron chi connectivity index (χ3n) is 7.42. The van der Waals surface area contributed by atoms with Crippen molar-refractivity contribution in [3.63, 3.8) is 0 Å². The Hall–Kier alpha value is -2.67. The summed E-state index contributed by atoms with van der Waals surface area (Å²) < 4.78 is 41.4. The quantitative estimate of drug-likeness (QED) is 0.282. The first-order valence-corrected chi connectivity index (χ1v) is 12.9. The molecule has 0 amide bonds. The predicted molar refractivity (Wildman–Crippen MR) is 135 cm³/mol. The lowest BCUT2D eigenvalue weighted by Crippen LogP contribution is -2.46. The molecule has 0 spiro atoms. The third-order valence-corrected chi connectivity index (χ3v) is 7.42. The van der Waals surface area contributed by atoms with Gasteiger partial charge in [-0.25, -0.2) is 0 Å². The molecule has 2 aromatic carbocycles. The van der Waals surface area contributed by atoms with Crippen LogP contribution >= 0.6 is 0 Å². The summed E-state index contributed by atoms with van der Waals surface area (Å²) in [6.07, 6.45) is 3.23. The summed E-state index contributed by atoms with van der Waals surface area (Å²) in [7, 11) is 0. The first kappa shape index (κ1) is 26.4. The van der Waals surface area contributed by atoms with Crippen LogP contribution in [-0.2, 0) is 35.4 Å². The van der Waals surface area contributed by atoms with Crippen LogP contribution in [0.1, 0.15) is 85.3 Å². The minimum absolute atomic E-state index is 0.0199. The van der Waals surface area contributed by atoms with Crippen LogP contribution in [0.15, 0.2) is 41.6 Å². The minimum Gasteiger partial charge on any atom is -0.391 e. The van der Waals surface area contributed by atoms with Gasteiger partial charge in [-0.3, -0.25) is 9.69 Å². The van der Waals surface area contributed by atoms with Gasteiger partial charge in [-0.1, -0.05) is 55.6 Å². The maximum absolute atomic E-state index is 13.8. The van der Waals surface area contributed by atoms with Gasteiger partial charge >= 0.3 is 6.18 Å². The van der Waals surface area contributed by atoms with Crippen molar-refractivity contribution in [3.05, 3.63) is 69.8 Å². The molecule has 0 N–H and O–H groups in total. The van der Waals surface area contributed by atoms with E-state index in [0.29, 0.717) is 16.8 Å².